The van der Waals surface area contributed by atoms with Crippen molar-refractivity contribution in [2.45, 2.75) is 13.0 Å². The number of hydrogen-bond donors (Lipinski definition) is 1. The van der Waals surface area contributed by atoms with E-state index in [-0.39, 0.29) is 18.1 Å². The van der Waals surface area contributed by atoms with E-state index in [0.29, 0.717) is 28.3 Å². The average molecular weight is 493 g/mol. The molecule has 1 saturated heterocycles. The maximum absolute atomic E-state index is 13.2. The predicted molar refractivity (Wildman–Crippen MR) is 120 cm³/mol. The molecule has 0 spiro atoms. The average Bonchev–Trinajstić information content (AvgIpc) is 3.38. The van der Waals surface area contributed by atoms with Crippen molar-refractivity contribution >= 4 is 39.1 Å². The third-order valence-electron chi connectivity index (χ3n) is 5.53. The van der Waals surface area contributed by atoms with Gasteiger partial charge in [-0.05, 0) is 54.4 Å². The number of pyridine rings is 1. The number of aliphatic hydroxyl groups is 1. The molecule has 2 aromatic carbocycles. The number of Topliss-reactive ketones (excluding diaryl/α,β-unsaturated/α-hetero) is 1. The number of carbonyl (C=O) groups is 2. The lowest BCUT2D eigenvalue weighted by atomic mass is 9.95. The van der Waals surface area contributed by atoms with Gasteiger partial charge in [0.2, 0.25) is 6.79 Å². The largest absolute Gasteiger partial charge is 0.507 e. The molecule has 0 bridgehead atoms. The Morgan fingerprint density at radius 1 is 1.06 bits per heavy atom. The molecule has 0 saturated carbocycles. The van der Waals surface area contributed by atoms with Gasteiger partial charge in [-0.1, -0.05) is 22.0 Å². The summed E-state index contributed by atoms with van der Waals surface area (Å²) in [6.45, 7) is 1.97. The molecule has 7 nitrogen and oxygen atoms in total. The van der Waals surface area contributed by atoms with E-state index in [1.807, 2.05) is 6.92 Å². The number of ketones is 1. The smallest absolute Gasteiger partial charge is 0.300 e. The van der Waals surface area contributed by atoms with E-state index < -0.39 is 17.7 Å². The molecule has 8 heteroatoms. The standard InChI is InChI=1S/C24H17BrN2O5/c1-13-10-15(2-4-17(13)25)22(28)20-21(14-6-8-26-9-7-14)27(24(30)23(20)29)16-3-5-18-19(11-16)32-12-31-18/h2-11,21,28H,12H2,1H3/b22-20+. The SMILES string of the molecule is Cc1cc(/C(O)=C2\C(=O)C(=O)N(c3ccc4c(c3)OCO4)C2c2ccncc2)ccc1Br. The zero-order chi connectivity index (χ0) is 22.4. The number of hydrogen-bond acceptors (Lipinski definition) is 6. The highest BCUT2D eigenvalue weighted by Gasteiger charge is 2.47. The summed E-state index contributed by atoms with van der Waals surface area (Å²) in [4.78, 5) is 31.8. The summed E-state index contributed by atoms with van der Waals surface area (Å²) in [7, 11) is 0. The molecule has 32 heavy (non-hydrogen) atoms. The Labute approximate surface area is 192 Å². The Morgan fingerprint density at radius 3 is 2.56 bits per heavy atom. The van der Waals surface area contributed by atoms with E-state index in [2.05, 4.69) is 20.9 Å². The Bertz CT molecular complexity index is 1290. The van der Waals surface area contributed by atoms with E-state index in [1.54, 1.807) is 60.9 Å². The number of ether oxygens (including phenoxy) is 2. The zero-order valence-corrected chi connectivity index (χ0v) is 18.5. The van der Waals surface area contributed by atoms with Gasteiger partial charge in [-0.15, -0.1) is 0 Å². The van der Waals surface area contributed by atoms with Crippen LogP contribution < -0.4 is 14.4 Å². The van der Waals surface area contributed by atoms with E-state index in [0.717, 1.165) is 10.0 Å². The third-order valence-corrected chi connectivity index (χ3v) is 6.42. The van der Waals surface area contributed by atoms with Gasteiger partial charge in [0, 0.05) is 34.2 Å². The molecule has 3 heterocycles. The molecule has 3 aromatic rings. The molecule has 0 aliphatic carbocycles. The minimum absolute atomic E-state index is 0.0144. The first-order valence-electron chi connectivity index (χ1n) is 9.83. The summed E-state index contributed by atoms with van der Waals surface area (Å²) in [6, 6.07) is 12.9. The van der Waals surface area contributed by atoms with Crippen LogP contribution in [0.3, 0.4) is 0 Å². The number of aryl methyl sites for hydroxylation is 1. The summed E-state index contributed by atoms with van der Waals surface area (Å²) in [5.74, 6) is -0.676. The van der Waals surface area contributed by atoms with Crippen molar-refractivity contribution in [1.82, 2.24) is 4.98 Å². The second-order valence-corrected chi connectivity index (χ2v) is 8.31. The molecular formula is C24H17BrN2O5. The Kier molecular flexibility index (Phi) is 4.94. The molecule has 0 radical (unpaired) electrons. The summed E-state index contributed by atoms with van der Waals surface area (Å²) >= 11 is 3.44. The highest BCUT2D eigenvalue weighted by molar-refractivity contribution is 9.10. The molecule has 5 rings (SSSR count). The van der Waals surface area contributed by atoms with Gasteiger partial charge in [0.15, 0.2) is 11.5 Å². The number of anilines is 1. The number of amides is 1. The van der Waals surface area contributed by atoms with Crippen LogP contribution in [0, 0.1) is 6.92 Å². The topological polar surface area (TPSA) is 89.0 Å². The molecule has 160 valence electrons. The van der Waals surface area contributed by atoms with Gasteiger partial charge < -0.3 is 14.6 Å². The summed E-state index contributed by atoms with van der Waals surface area (Å²) in [6.07, 6.45) is 3.16. The van der Waals surface area contributed by atoms with Gasteiger partial charge in [-0.3, -0.25) is 19.5 Å². The molecule has 1 aromatic heterocycles. The second-order valence-electron chi connectivity index (χ2n) is 7.45. The monoisotopic (exact) mass is 492 g/mol. The lowest BCUT2D eigenvalue weighted by Crippen LogP contribution is -2.29. The van der Waals surface area contributed by atoms with Crippen LogP contribution in [0.25, 0.3) is 5.76 Å². The van der Waals surface area contributed by atoms with Gasteiger partial charge in [0.1, 0.15) is 5.76 Å². The Morgan fingerprint density at radius 2 is 1.81 bits per heavy atom. The third kappa shape index (κ3) is 3.23. The van der Waals surface area contributed by atoms with Crippen LogP contribution in [-0.4, -0.2) is 28.6 Å². The number of benzene rings is 2. The van der Waals surface area contributed by atoms with E-state index in [4.69, 9.17) is 9.47 Å². The molecular weight excluding hydrogens is 476 g/mol. The normalized spacial score (nSPS) is 18.9. The maximum Gasteiger partial charge on any atom is 0.300 e. The van der Waals surface area contributed by atoms with E-state index in [1.165, 1.54) is 4.90 Å². The number of fused-ring (bicyclic) bond motifs is 1. The number of aromatic nitrogens is 1. The lowest BCUT2D eigenvalue weighted by Gasteiger charge is -2.25. The van der Waals surface area contributed by atoms with E-state index in [9.17, 15) is 14.7 Å². The fourth-order valence-electron chi connectivity index (χ4n) is 3.94. The first kappa shape index (κ1) is 20.3. The minimum atomic E-state index is -0.831. The maximum atomic E-state index is 13.2. The number of aliphatic hydroxyl groups excluding tert-OH is 1. The number of nitrogens with zero attached hydrogens (tertiary/aromatic N) is 2. The zero-order valence-electron chi connectivity index (χ0n) is 16.9. The minimum Gasteiger partial charge on any atom is -0.507 e. The summed E-state index contributed by atoms with van der Waals surface area (Å²) < 4.78 is 11.7. The summed E-state index contributed by atoms with van der Waals surface area (Å²) in [5, 5.41) is 11.2. The van der Waals surface area contributed by atoms with Crippen LogP contribution >= 0.6 is 15.9 Å². The predicted octanol–water partition coefficient (Wildman–Crippen LogP) is 4.51. The molecule has 1 N–H and O–H groups in total. The van der Waals surface area contributed by atoms with Gasteiger partial charge in [0.25, 0.3) is 11.7 Å². The van der Waals surface area contributed by atoms with Crippen LogP contribution in [0.2, 0.25) is 0 Å². The van der Waals surface area contributed by atoms with Crippen molar-refractivity contribution in [2.75, 3.05) is 11.7 Å². The summed E-state index contributed by atoms with van der Waals surface area (Å²) in [5.41, 5.74) is 2.46. The lowest BCUT2D eigenvalue weighted by molar-refractivity contribution is -0.132. The highest BCUT2D eigenvalue weighted by Crippen LogP contribution is 2.44. The molecule has 1 fully saturated rings. The number of halogens is 1. The number of rotatable bonds is 3. The molecule has 1 atom stereocenters. The van der Waals surface area contributed by atoms with Gasteiger partial charge in [0.05, 0.1) is 11.6 Å². The van der Waals surface area contributed by atoms with Crippen molar-refractivity contribution in [3.63, 3.8) is 0 Å². The fraction of sp³-hybridized carbons (Fsp3) is 0.125. The van der Waals surface area contributed by atoms with Crippen LogP contribution in [-0.2, 0) is 9.59 Å². The second kappa shape index (κ2) is 7.80. The van der Waals surface area contributed by atoms with Crippen molar-refractivity contribution in [1.29, 1.82) is 0 Å². The Hall–Kier alpha value is -3.65. The van der Waals surface area contributed by atoms with Gasteiger partial charge in [-0.2, -0.15) is 0 Å². The van der Waals surface area contributed by atoms with Crippen LogP contribution in [0.15, 0.2) is 71.0 Å². The highest BCUT2D eigenvalue weighted by atomic mass is 79.9. The molecule has 2 aliphatic heterocycles. The Balaban J connectivity index is 1.70. The van der Waals surface area contributed by atoms with Gasteiger partial charge in [-0.25, -0.2) is 0 Å². The molecule has 1 amide bonds. The fourth-order valence-corrected chi connectivity index (χ4v) is 4.19. The first-order valence-corrected chi connectivity index (χ1v) is 10.6. The van der Waals surface area contributed by atoms with Crippen molar-refractivity contribution in [3.05, 3.63) is 87.7 Å². The van der Waals surface area contributed by atoms with Crippen molar-refractivity contribution in [3.8, 4) is 11.5 Å². The van der Waals surface area contributed by atoms with Gasteiger partial charge >= 0.3 is 0 Å². The van der Waals surface area contributed by atoms with Crippen molar-refractivity contribution in [2.24, 2.45) is 0 Å². The first-order chi connectivity index (χ1) is 15.5. The van der Waals surface area contributed by atoms with Crippen LogP contribution in [0.5, 0.6) is 11.5 Å². The molecule has 1 unspecified atom stereocenters. The van der Waals surface area contributed by atoms with Crippen molar-refractivity contribution < 1.29 is 24.2 Å². The molecule has 2 aliphatic rings. The van der Waals surface area contributed by atoms with E-state index >= 15 is 0 Å². The quantitative estimate of drug-likeness (QED) is 0.328. The van der Waals surface area contributed by atoms with Crippen LogP contribution in [0.1, 0.15) is 22.7 Å². The van der Waals surface area contributed by atoms with Crippen LogP contribution in [0.4, 0.5) is 5.69 Å². The number of carbonyl (C=O) groups excluding carboxylic acids is 2.